The molecule has 0 bridgehead atoms. The second kappa shape index (κ2) is 9.08. The van der Waals surface area contributed by atoms with Gasteiger partial charge >= 0.3 is 0 Å². The van der Waals surface area contributed by atoms with Crippen LogP contribution < -0.4 is 10.9 Å². The summed E-state index contributed by atoms with van der Waals surface area (Å²) in [4.78, 5) is 34.2. The predicted octanol–water partition coefficient (Wildman–Crippen LogP) is 5.41. The van der Waals surface area contributed by atoms with Crippen LogP contribution in [0.5, 0.6) is 0 Å². The molecule has 1 amide bonds. The van der Waals surface area contributed by atoms with Crippen molar-refractivity contribution in [3.05, 3.63) is 60.4 Å². The van der Waals surface area contributed by atoms with Crippen LogP contribution in [0.25, 0.3) is 10.2 Å². The van der Waals surface area contributed by atoms with Gasteiger partial charge in [0, 0.05) is 14.9 Å². The monoisotopic (exact) mass is 469 g/mol. The van der Waals surface area contributed by atoms with E-state index < -0.39 is 0 Å². The second-order valence-electron chi connectivity index (χ2n) is 6.83. The number of benzene rings is 1. The number of halogens is 2. The summed E-state index contributed by atoms with van der Waals surface area (Å²) in [7, 11) is 0. The smallest absolute Gasteiger partial charge is 0.259 e. The van der Waals surface area contributed by atoms with Gasteiger partial charge in [-0.2, -0.15) is 0 Å². The van der Waals surface area contributed by atoms with E-state index in [1.54, 1.807) is 12.1 Å². The third-order valence-corrected chi connectivity index (χ3v) is 7.53. The molecule has 2 N–H and O–H groups in total. The van der Waals surface area contributed by atoms with Crippen molar-refractivity contribution in [2.24, 2.45) is 0 Å². The number of nitrogens with one attached hydrogen (secondary N) is 2. The van der Waals surface area contributed by atoms with Crippen molar-refractivity contribution in [3.8, 4) is 0 Å². The van der Waals surface area contributed by atoms with Gasteiger partial charge in [0.2, 0.25) is 5.91 Å². The van der Waals surface area contributed by atoms with Crippen molar-refractivity contribution < 1.29 is 4.79 Å². The molecular formula is C20H21Cl2N3O2S2. The van der Waals surface area contributed by atoms with Gasteiger partial charge in [-0.05, 0) is 51.0 Å². The Balaban J connectivity index is 1.64. The number of carbonyl (C=O) groups is 1. The summed E-state index contributed by atoms with van der Waals surface area (Å²) in [5.74, 6) is 0.896. The quantitative estimate of drug-likeness (QED) is 0.506. The van der Waals surface area contributed by atoms with Gasteiger partial charge in [-0.1, -0.05) is 29.3 Å². The van der Waals surface area contributed by atoms with Crippen LogP contribution in [0, 0.1) is 13.8 Å². The number of thioether (sulfide) groups is 1. The number of hydrogen-bond donors (Lipinski definition) is 2. The molecular weight excluding hydrogens is 449 g/mol. The summed E-state index contributed by atoms with van der Waals surface area (Å²) in [6, 6.07) is 4.96. The van der Waals surface area contributed by atoms with Crippen LogP contribution in [0.1, 0.15) is 41.7 Å². The molecule has 5 nitrogen and oxygen atoms in total. The van der Waals surface area contributed by atoms with Gasteiger partial charge in [-0.25, -0.2) is 4.98 Å². The Labute approximate surface area is 187 Å². The maximum atomic E-state index is 12.6. The lowest BCUT2D eigenvalue weighted by Gasteiger charge is -2.18. The van der Waals surface area contributed by atoms with Gasteiger partial charge in [-0.15, -0.1) is 23.1 Å². The summed E-state index contributed by atoms with van der Waals surface area (Å²) in [5, 5.41) is 4.36. The molecule has 0 fully saturated rings. The molecule has 1 aromatic carbocycles. The molecule has 0 aliphatic rings. The molecule has 2 heterocycles. The van der Waals surface area contributed by atoms with Crippen molar-refractivity contribution in [2.45, 2.75) is 44.7 Å². The molecule has 9 heteroatoms. The number of fused-ring (bicyclic) bond motifs is 1. The molecule has 0 aliphatic carbocycles. The van der Waals surface area contributed by atoms with Gasteiger partial charge < -0.3 is 10.3 Å². The van der Waals surface area contributed by atoms with Crippen molar-refractivity contribution in [1.29, 1.82) is 0 Å². The van der Waals surface area contributed by atoms with Crippen LogP contribution in [0.3, 0.4) is 0 Å². The lowest BCUT2D eigenvalue weighted by atomic mass is 10.1. The summed E-state index contributed by atoms with van der Waals surface area (Å²) < 4.78 is 0. The Morgan fingerprint density at radius 3 is 2.72 bits per heavy atom. The average Bonchev–Trinajstić information content (AvgIpc) is 2.93. The zero-order chi connectivity index (χ0) is 21.3. The lowest BCUT2D eigenvalue weighted by molar-refractivity contribution is -0.120. The van der Waals surface area contributed by atoms with Gasteiger partial charge in [0.25, 0.3) is 5.56 Å². The van der Waals surface area contributed by atoms with E-state index in [1.165, 1.54) is 23.1 Å². The Morgan fingerprint density at radius 1 is 1.31 bits per heavy atom. The number of H-pyrrole nitrogens is 1. The average molecular weight is 470 g/mol. The molecule has 29 heavy (non-hydrogen) atoms. The van der Waals surface area contributed by atoms with Gasteiger partial charge in [0.1, 0.15) is 10.7 Å². The normalized spacial score (nSPS) is 13.4. The molecule has 0 spiro atoms. The van der Waals surface area contributed by atoms with Gasteiger partial charge in [0.05, 0.1) is 22.4 Å². The first-order chi connectivity index (χ1) is 13.7. The molecule has 0 saturated carbocycles. The van der Waals surface area contributed by atoms with Crippen LogP contribution in [0.4, 0.5) is 0 Å². The Morgan fingerprint density at radius 2 is 2.03 bits per heavy atom. The van der Waals surface area contributed by atoms with Crippen LogP contribution >= 0.6 is 46.3 Å². The number of hydrogen-bond acceptors (Lipinski definition) is 5. The first-order valence-electron chi connectivity index (χ1n) is 9.03. The molecule has 0 saturated heterocycles. The Kier molecular flexibility index (Phi) is 6.94. The van der Waals surface area contributed by atoms with Crippen molar-refractivity contribution >= 4 is 62.4 Å². The van der Waals surface area contributed by atoms with Crippen LogP contribution in [0.15, 0.2) is 23.0 Å². The number of nitrogens with zero attached hydrogens (tertiary/aromatic N) is 1. The maximum absolute atomic E-state index is 12.6. The third kappa shape index (κ3) is 4.97. The first-order valence-corrected chi connectivity index (χ1v) is 11.6. The third-order valence-electron chi connectivity index (χ3n) is 4.72. The van der Waals surface area contributed by atoms with Crippen LogP contribution in [-0.4, -0.2) is 21.1 Å². The molecule has 154 valence electrons. The number of aromatic amines is 1. The van der Waals surface area contributed by atoms with Crippen molar-refractivity contribution in [1.82, 2.24) is 15.3 Å². The number of amides is 1. The Hall–Kier alpha value is -1.54. The SMILES string of the molecule is Cc1sc2nc(CS[C@H](C)C(=O)N[C@@H](C)c3ccc(Cl)cc3Cl)[nH]c(=O)c2c1C. The van der Waals surface area contributed by atoms with Crippen molar-refractivity contribution in [3.63, 3.8) is 0 Å². The zero-order valence-corrected chi connectivity index (χ0v) is 19.6. The van der Waals surface area contributed by atoms with E-state index in [2.05, 4.69) is 15.3 Å². The molecule has 0 aliphatic heterocycles. The minimum absolute atomic E-state index is 0.111. The highest BCUT2D eigenvalue weighted by Crippen LogP contribution is 2.28. The maximum Gasteiger partial charge on any atom is 0.259 e. The summed E-state index contributed by atoms with van der Waals surface area (Å²) in [6.07, 6.45) is 0. The van der Waals surface area contributed by atoms with E-state index in [-0.39, 0.29) is 22.8 Å². The molecule has 2 aromatic heterocycles. The number of aryl methyl sites for hydroxylation is 2. The van der Waals surface area contributed by atoms with Gasteiger partial charge in [0.15, 0.2) is 0 Å². The van der Waals surface area contributed by atoms with E-state index in [0.717, 1.165) is 20.8 Å². The highest BCUT2D eigenvalue weighted by Gasteiger charge is 2.19. The lowest BCUT2D eigenvalue weighted by Crippen LogP contribution is -2.33. The fourth-order valence-electron chi connectivity index (χ4n) is 2.91. The Bertz CT molecular complexity index is 1130. The standard InChI is InChI=1S/C20H21Cl2N3O2S2/c1-9-11(3)29-20-17(9)19(27)24-16(25-20)8-28-12(4)18(26)23-10(2)14-6-5-13(21)7-15(14)22/h5-7,10,12H,8H2,1-4H3,(H,23,26)(H,24,25,27)/t10-,12+/m0/s1. The topological polar surface area (TPSA) is 74.8 Å². The number of carbonyl (C=O) groups excluding carboxylic acids is 1. The van der Waals surface area contributed by atoms with E-state index in [1.807, 2.05) is 33.8 Å². The van der Waals surface area contributed by atoms with E-state index in [4.69, 9.17) is 23.2 Å². The molecule has 3 aromatic rings. The summed E-state index contributed by atoms with van der Waals surface area (Å²) in [5.41, 5.74) is 1.65. The zero-order valence-electron chi connectivity index (χ0n) is 16.4. The van der Waals surface area contributed by atoms with E-state index in [0.29, 0.717) is 27.0 Å². The van der Waals surface area contributed by atoms with Crippen LogP contribution in [-0.2, 0) is 10.5 Å². The minimum atomic E-state index is -0.323. The number of rotatable bonds is 6. The largest absolute Gasteiger partial charge is 0.349 e. The van der Waals surface area contributed by atoms with E-state index in [9.17, 15) is 9.59 Å². The summed E-state index contributed by atoms with van der Waals surface area (Å²) >= 11 is 15.1. The summed E-state index contributed by atoms with van der Waals surface area (Å²) in [6.45, 7) is 7.61. The fourth-order valence-corrected chi connectivity index (χ4v) is 5.29. The molecule has 3 rings (SSSR count). The predicted molar refractivity (Wildman–Crippen MR) is 123 cm³/mol. The molecule has 0 radical (unpaired) electrons. The van der Waals surface area contributed by atoms with Gasteiger partial charge in [-0.3, -0.25) is 9.59 Å². The van der Waals surface area contributed by atoms with Crippen molar-refractivity contribution in [2.75, 3.05) is 0 Å². The second-order valence-corrected chi connectivity index (χ2v) is 10.2. The highest BCUT2D eigenvalue weighted by molar-refractivity contribution is 7.99. The highest BCUT2D eigenvalue weighted by atomic mass is 35.5. The minimum Gasteiger partial charge on any atom is -0.349 e. The number of thiophene rings is 1. The van der Waals surface area contributed by atoms with Crippen LogP contribution in [0.2, 0.25) is 10.0 Å². The number of aromatic nitrogens is 2. The van der Waals surface area contributed by atoms with E-state index >= 15 is 0 Å². The first kappa shape index (κ1) is 22.2. The fraction of sp³-hybridized carbons (Fsp3) is 0.350. The molecule has 0 unspecified atom stereocenters. The molecule has 2 atom stereocenters.